The quantitative estimate of drug-likeness (QED) is 0.797. The van der Waals surface area contributed by atoms with Gasteiger partial charge in [-0.25, -0.2) is 9.97 Å². The Balaban J connectivity index is 1.84. The lowest BCUT2D eigenvalue weighted by Gasteiger charge is -2.09. The maximum Gasteiger partial charge on any atom is 0.259 e. The summed E-state index contributed by atoms with van der Waals surface area (Å²) in [6.45, 7) is 3.58. The molecule has 0 unspecified atom stereocenters. The summed E-state index contributed by atoms with van der Waals surface area (Å²) in [7, 11) is 0. The molecule has 7 heteroatoms. The van der Waals surface area contributed by atoms with E-state index in [2.05, 4.69) is 25.5 Å². The molecule has 3 rings (SSSR count). The molecule has 0 aliphatic carbocycles. The normalized spacial score (nSPS) is 10.5. The van der Waals surface area contributed by atoms with Gasteiger partial charge in [0.2, 0.25) is 0 Å². The summed E-state index contributed by atoms with van der Waals surface area (Å²) in [5.74, 6) is 0.405. The van der Waals surface area contributed by atoms with Crippen molar-refractivity contribution in [1.82, 2.24) is 24.7 Å². The van der Waals surface area contributed by atoms with Crippen LogP contribution in [0.2, 0.25) is 0 Å². The Morgan fingerprint density at radius 2 is 1.95 bits per heavy atom. The van der Waals surface area contributed by atoms with Crippen molar-refractivity contribution < 1.29 is 4.79 Å². The van der Waals surface area contributed by atoms with Gasteiger partial charge in [0.05, 0.1) is 16.9 Å². The first-order chi connectivity index (χ1) is 10.6. The van der Waals surface area contributed by atoms with Gasteiger partial charge in [-0.15, -0.1) is 10.2 Å². The number of nitrogens with zero attached hydrogens (tertiary/aromatic N) is 5. The first kappa shape index (κ1) is 13.9. The minimum absolute atomic E-state index is 0.238. The summed E-state index contributed by atoms with van der Waals surface area (Å²) in [6.07, 6.45) is 4.73. The predicted octanol–water partition coefficient (Wildman–Crippen LogP) is 1.93. The van der Waals surface area contributed by atoms with Crippen LogP contribution >= 0.6 is 0 Å². The third kappa shape index (κ3) is 2.83. The second kappa shape index (κ2) is 5.72. The molecule has 0 saturated carbocycles. The van der Waals surface area contributed by atoms with E-state index in [9.17, 15) is 4.79 Å². The van der Waals surface area contributed by atoms with E-state index >= 15 is 0 Å². The van der Waals surface area contributed by atoms with E-state index in [1.165, 1.54) is 6.20 Å². The van der Waals surface area contributed by atoms with Crippen molar-refractivity contribution in [2.75, 3.05) is 5.32 Å². The third-order valence-electron chi connectivity index (χ3n) is 3.17. The van der Waals surface area contributed by atoms with Gasteiger partial charge in [0.1, 0.15) is 18.5 Å². The molecule has 1 aromatic carbocycles. The van der Waals surface area contributed by atoms with Crippen LogP contribution in [0.3, 0.4) is 0 Å². The van der Waals surface area contributed by atoms with Gasteiger partial charge in [0.25, 0.3) is 5.91 Å². The predicted molar refractivity (Wildman–Crippen MR) is 80.8 cm³/mol. The number of carbonyl (C=O) groups is 1. The number of nitrogens with one attached hydrogen (secondary N) is 1. The zero-order valence-electron chi connectivity index (χ0n) is 12.2. The standard InChI is InChI=1S/C15H14N6O/c1-10-14(7-16-11(2)19-10)15(22)20-12-4-3-5-13(6-12)21-8-17-18-9-21/h3-9H,1-2H3,(H,20,22). The van der Waals surface area contributed by atoms with Crippen LogP contribution in [0.25, 0.3) is 5.69 Å². The summed E-state index contributed by atoms with van der Waals surface area (Å²) in [5.41, 5.74) is 2.65. The summed E-state index contributed by atoms with van der Waals surface area (Å²) in [5, 5.41) is 10.4. The Kier molecular flexibility index (Phi) is 3.61. The summed E-state index contributed by atoms with van der Waals surface area (Å²) >= 11 is 0. The van der Waals surface area contributed by atoms with Crippen molar-refractivity contribution in [3.8, 4) is 5.69 Å². The fourth-order valence-electron chi connectivity index (χ4n) is 2.08. The van der Waals surface area contributed by atoms with E-state index in [0.717, 1.165) is 5.69 Å². The molecule has 2 heterocycles. The third-order valence-corrected chi connectivity index (χ3v) is 3.17. The van der Waals surface area contributed by atoms with Crippen LogP contribution in [0.15, 0.2) is 43.1 Å². The van der Waals surface area contributed by atoms with E-state index in [-0.39, 0.29) is 5.91 Å². The topological polar surface area (TPSA) is 85.6 Å². The van der Waals surface area contributed by atoms with Crippen molar-refractivity contribution in [2.45, 2.75) is 13.8 Å². The van der Waals surface area contributed by atoms with Gasteiger partial charge in [0, 0.05) is 11.9 Å². The van der Waals surface area contributed by atoms with E-state index in [1.54, 1.807) is 31.1 Å². The van der Waals surface area contributed by atoms with E-state index in [1.807, 2.05) is 24.3 Å². The number of aromatic nitrogens is 5. The molecule has 1 N–H and O–H groups in total. The van der Waals surface area contributed by atoms with E-state index in [0.29, 0.717) is 22.8 Å². The number of carbonyl (C=O) groups excluding carboxylic acids is 1. The number of amides is 1. The van der Waals surface area contributed by atoms with Crippen LogP contribution in [0.5, 0.6) is 0 Å². The second-order valence-corrected chi connectivity index (χ2v) is 4.79. The van der Waals surface area contributed by atoms with Crippen LogP contribution in [0, 0.1) is 13.8 Å². The zero-order valence-corrected chi connectivity index (χ0v) is 12.2. The van der Waals surface area contributed by atoms with Gasteiger partial charge in [-0.05, 0) is 32.0 Å². The SMILES string of the molecule is Cc1ncc(C(=O)Nc2cccc(-n3cnnc3)c2)c(C)n1. The molecule has 3 aromatic rings. The highest BCUT2D eigenvalue weighted by molar-refractivity contribution is 6.04. The molecule has 0 aliphatic rings. The number of hydrogen-bond acceptors (Lipinski definition) is 5. The van der Waals surface area contributed by atoms with Crippen LogP contribution < -0.4 is 5.32 Å². The average Bonchev–Trinajstić information content (AvgIpc) is 3.01. The number of hydrogen-bond donors (Lipinski definition) is 1. The van der Waals surface area contributed by atoms with Crippen LogP contribution in [-0.2, 0) is 0 Å². The number of benzene rings is 1. The maximum absolute atomic E-state index is 12.3. The Bertz CT molecular complexity index is 813. The van der Waals surface area contributed by atoms with Crippen LogP contribution in [0.1, 0.15) is 21.9 Å². The van der Waals surface area contributed by atoms with Crippen molar-refractivity contribution in [1.29, 1.82) is 0 Å². The molecule has 0 radical (unpaired) electrons. The smallest absolute Gasteiger partial charge is 0.259 e. The molecule has 0 aliphatic heterocycles. The van der Waals surface area contributed by atoms with Crippen molar-refractivity contribution in [3.63, 3.8) is 0 Å². The molecule has 7 nitrogen and oxygen atoms in total. The van der Waals surface area contributed by atoms with Gasteiger partial charge < -0.3 is 5.32 Å². The second-order valence-electron chi connectivity index (χ2n) is 4.79. The molecule has 110 valence electrons. The largest absolute Gasteiger partial charge is 0.322 e. The fourth-order valence-corrected chi connectivity index (χ4v) is 2.08. The van der Waals surface area contributed by atoms with Crippen molar-refractivity contribution in [2.24, 2.45) is 0 Å². The van der Waals surface area contributed by atoms with Gasteiger partial charge in [-0.3, -0.25) is 9.36 Å². The monoisotopic (exact) mass is 294 g/mol. The zero-order chi connectivity index (χ0) is 15.5. The minimum Gasteiger partial charge on any atom is -0.322 e. The maximum atomic E-state index is 12.3. The highest BCUT2D eigenvalue weighted by Crippen LogP contribution is 2.15. The molecule has 1 amide bonds. The van der Waals surface area contributed by atoms with Gasteiger partial charge in [-0.1, -0.05) is 6.07 Å². The summed E-state index contributed by atoms with van der Waals surface area (Å²) in [6, 6.07) is 7.41. The van der Waals surface area contributed by atoms with Crippen LogP contribution in [0.4, 0.5) is 5.69 Å². The molecule has 22 heavy (non-hydrogen) atoms. The average molecular weight is 294 g/mol. The Morgan fingerprint density at radius 1 is 1.18 bits per heavy atom. The van der Waals surface area contributed by atoms with Crippen LogP contribution in [-0.4, -0.2) is 30.6 Å². The summed E-state index contributed by atoms with van der Waals surface area (Å²) in [4.78, 5) is 20.6. The first-order valence-corrected chi connectivity index (χ1v) is 6.70. The minimum atomic E-state index is -0.238. The molecular weight excluding hydrogens is 280 g/mol. The molecule has 0 atom stereocenters. The van der Waals surface area contributed by atoms with Crippen molar-refractivity contribution in [3.05, 3.63) is 60.2 Å². The lowest BCUT2D eigenvalue weighted by atomic mass is 10.2. The van der Waals surface area contributed by atoms with Gasteiger partial charge >= 0.3 is 0 Å². The highest BCUT2D eigenvalue weighted by Gasteiger charge is 2.11. The number of aryl methyl sites for hydroxylation is 2. The molecular formula is C15H14N6O. The van der Waals surface area contributed by atoms with Crippen molar-refractivity contribution >= 4 is 11.6 Å². The molecule has 2 aromatic heterocycles. The van der Waals surface area contributed by atoms with Gasteiger partial charge in [-0.2, -0.15) is 0 Å². The molecule has 0 spiro atoms. The first-order valence-electron chi connectivity index (χ1n) is 6.70. The Labute approximate surface area is 127 Å². The van der Waals surface area contributed by atoms with E-state index < -0.39 is 0 Å². The van der Waals surface area contributed by atoms with E-state index in [4.69, 9.17) is 0 Å². The Morgan fingerprint density at radius 3 is 2.68 bits per heavy atom. The molecule has 0 saturated heterocycles. The lowest BCUT2D eigenvalue weighted by Crippen LogP contribution is -2.15. The Hall–Kier alpha value is -3.09. The number of anilines is 1. The molecule has 0 fully saturated rings. The summed E-state index contributed by atoms with van der Waals surface area (Å²) < 4.78 is 1.76. The molecule has 0 bridgehead atoms. The highest BCUT2D eigenvalue weighted by atomic mass is 16.1. The number of rotatable bonds is 3. The van der Waals surface area contributed by atoms with Gasteiger partial charge in [0.15, 0.2) is 0 Å². The lowest BCUT2D eigenvalue weighted by molar-refractivity contribution is 0.102. The fraction of sp³-hybridized carbons (Fsp3) is 0.133.